The van der Waals surface area contributed by atoms with Crippen molar-refractivity contribution in [2.75, 3.05) is 33.7 Å². The second-order valence-corrected chi connectivity index (χ2v) is 6.58. The molecule has 1 saturated carbocycles. The maximum Gasteiger partial charge on any atom is 0.0695 e. The lowest BCUT2D eigenvalue weighted by Gasteiger charge is -2.39. The summed E-state index contributed by atoms with van der Waals surface area (Å²) in [5.74, 6) is 1.63. The zero-order valence-corrected chi connectivity index (χ0v) is 12.3. The average Bonchev–Trinajstić information content (AvgIpc) is 2.75. The molecule has 2 fully saturated rings. The highest BCUT2D eigenvalue weighted by molar-refractivity contribution is 4.87. The number of aliphatic hydroxyl groups excluding tert-OH is 1. The third-order valence-electron chi connectivity index (χ3n) is 5.07. The van der Waals surface area contributed by atoms with Gasteiger partial charge in [0.2, 0.25) is 0 Å². The molecule has 106 valence electrons. The van der Waals surface area contributed by atoms with Gasteiger partial charge >= 0.3 is 0 Å². The van der Waals surface area contributed by atoms with E-state index in [-0.39, 0.29) is 6.10 Å². The number of aliphatic hydroxyl groups is 1. The van der Waals surface area contributed by atoms with Gasteiger partial charge in [0.15, 0.2) is 0 Å². The van der Waals surface area contributed by atoms with E-state index in [1.54, 1.807) is 0 Å². The summed E-state index contributed by atoms with van der Waals surface area (Å²) >= 11 is 0. The van der Waals surface area contributed by atoms with Gasteiger partial charge in [-0.1, -0.05) is 13.3 Å². The molecule has 1 aliphatic heterocycles. The van der Waals surface area contributed by atoms with Crippen LogP contribution in [0.25, 0.3) is 0 Å². The average molecular weight is 254 g/mol. The summed E-state index contributed by atoms with van der Waals surface area (Å²) in [6, 6.07) is 0.398. The molecule has 0 aromatic heterocycles. The largest absolute Gasteiger partial charge is 0.391 e. The maximum atomic E-state index is 10.2. The van der Waals surface area contributed by atoms with E-state index < -0.39 is 0 Å². The van der Waals surface area contributed by atoms with E-state index in [0.717, 1.165) is 24.8 Å². The van der Waals surface area contributed by atoms with Gasteiger partial charge in [0.05, 0.1) is 6.10 Å². The van der Waals surface area contributed by atoms with Crippen molar-refractivity contribution in [1.82, 2.24) is 9.80 Å². The highest BCUT2D eigenvalue weighted by Crippen LogP contribution is 2.30. The number of nitrogens with zero attached hydrogens (tertiary/aromatic N) is 2. The molecule has 0 spiro atoms. The lowest BCUT2D eigenvalue weighted by atomic mass is 9.81. The minimum Gasteiger partial charge on any atom is -0.391 e. The van der Waals surface area contributed by atoms with Crippen molar-refractivity contribution in [3.8, 4) is 0 Å². The molecule has 4 unspecified atom stereocenters. The molecule has 3 nitrogen and oxygen atoms in total. The van der Waals surface area contributed by atoms with Crippen LogP contribution in [-0.2, 0) is 0 Å². The third kappa shape index (κ3) is 3.46. The predicted molar refractivity (Wildman–Crippen MR) is 75.7 cm³/mol. The summed E-state index contributed by atoms with van der Waals surface area (Å²) in [7, 11) is 4.42. The van der Waals surface area contributed by atoms with Gasteiger partial charge in [-0.2, -0.15) is 0 Å². The number of likely N-dealkylation sites (N-methyl/N-ethyl adjacent to an activating group) is 1. The summed E-state index contributed by atoms with van der Waals surface area (Å²) in [6.45, 7) is 5.90. The normalized spacial score (nSPS) is 38.5. The molecule has 2 rings (SSSR count). The lowest BCUT2D eigenvalue weighted by Crippen LogP contribution is -2.47. The molecule has 4 atom stereocenters. The van der Waals surface area contributed by atoms with Gasteiger partial charge in [-0.15, -0.1) is 0 Å². The second kappa shape index (κ2) is 6.36. The summed E-state index contributed by atoms with van der Waals surface area (Å²) in [5.41, 5.74) is 0. The van der Waals surface area contributed by atoms with Crippen LogP contribution in [0.2, 0.25) is 0 Å². The van der Waals surface area contributed by atoms with Crippen LogP contribution in [0.1, 0.15) is 39.0 Å². The zero-order valence-electron chi connectivity index (χ0n) is 12.3. The monoisotopic (exact) mass is 254 g/mol. The first kappa shape index (κ1) is 14.3. The second-order valence-electron chi connectivity index (χ2n) is 6.58. The summed E-state index contributed by atoms with van der Waals surface area (Å²) < 4.78 is 0. The molecule has 0 radical (unpaired) electrons. The molecule has 0 aromatic carbocycles. The van der Waals surface area contributed by atoms with E-state index in [9.17, 15) is 5.11 Å². The molecule has 18 heavy (non-hydrogen) atoms. The minimum absolute atomic E-state index is 0.100. The number of hydrogen-bond donors (Lipinski definition) is 1. The Kier molecular flexibility index (Phi) is 5.05. The molecule has 1 saturated heterocycles. The van der Waals surface area contributed by atoms with Crippen LogP contribution in [0, 0.1) is 11.8 Å². The first-order chi connectivity index (χ1) is 8.60. The number of hydrogen-bond acceptors (Lipinski definition) is 3. The first-order valence-electron chi connectivity index (χ1n) is 7.67. The van der Waals surface area contributed by atoms with Crippen LogP contribution in [-0.4, -0.2) is 60.8 Å². The Bertz CT molecular complexity index is 259. The highest BCUT2D eigenvalue weighted by atomic mass is 16.3. The third-order valence-corrected chi connectivity index (χ3v) is 5.07. The van der Waals surface area contributed by atoms with Gasteiger partial charge in [-0.3, -0.25) is 0 Å². The Morgan fingerprint density at radius 1 is 1.22 bits per heavy atom. The van der Waals surface area contributed by atoms with Gasteiger partial charge in [0.1, 0.15) is 0 Å². The SMILES string of the molecule is CCC1CCC(O)C(N(C)CC2CCN(C)C2)C1. The van der Waals surface area contributed by atoms with Gasteiger partial charge in [0.25, 0.3) is 0 Å². The van der Waals surface area contributed by atoms with E-state index in [2.05, 4.69) is 30.8 Å². The Balaban J connectivity index is 1.84. The zero-order chi connectivity index (χ0) is 13.1. The Morgan fingerprint density at radius 3 is 2.61 bits per heavy atom. The lowest BCUT2D eigenvalue weighted by molar-refractivity contribution is 0.00850. The molecule has 1 heterocycles. The fourth-order valence-electron chi connectivity index (χ4n) is 3.78. The molecular weight excluding hydrogens is 224 g/mol. The van der Waals surface area contributed by atoms with Crippen molar-refractivity contribution in [1.29, 1.82) is 0 Å². The molecule has 0 bridgehead atoms. The van der Waals surface area contributed by atoms with Crippen LogP contribution in [0.4, 0.5) is 0 Å². The molecule has 0 aromatic rings. The van der Waals surface area contributed by atoms with Gasteiger partial charge in [-0.25, -0.2) is 0 Å². The highest BCUT2D eigenvalue weighted by Gasteiger charge is 2.32. The van der Waals surface area contributed by atoms with Crippen LogP contribution < -0.4 is 0 Å². The minimum atomic E-state index is -0.100. The van der Waals surface area contributed by atoms with E-state index in [1.807, 2.05) is 0 Å². The van der Waals surface area contributed by atoms with Crippen molar-refractivity contribution in [3.05, 3.63) is 0 Å². The standard InChI is InChI=1S/C15H30N2O/c1-4-12-5-6-15(18)14(9-12)17(3)11-13-7-8-16(2)10-13/h12-15,18H,4-11H2,1-3H3. The summed E-state index contributed by atoms with van der Waals surface area (Å²) in [5, 5.41) is 10.2. The van der Waals surface area contributed by atoms with E-state index in [0.29, 0.717) is 6.04 Å². The summed E-state index contributed by atoms with van der Waals surface area (Å²) in [6.07, 6.45) is 5.89. The van der Waals surface area contributed by atoms with E-state index in [1.165, 1.54) is 38.8 Å². The maximum absolute atomic E-state index is 10.2. The van der Waals surface area contributed by atoms with Gasteiger partial charge in [0, 0.05) is 19.1 Å². The van der Waals surface area contributed by atoms with Crippen LogP contribution in [0.3, 0.4) is 0 Å². The molecule has 3 heteroatoms. The van der Waals surface area contributed by atoms with Crippen molar-refractivity contribution < 1.29 is 5.11 Å². The van der Waals surface area contributed by atoms with E-state index in [4.69, 9.17) is 0 Å². The quantitative estimate of drug-likeness (QED) is 0.829. The van der Waals surface area contributed by atoms with Crippen LogP contribution in [0.5, 0.6) is 0 Å². The fraction of sp³-hybridized carbons (Fsp3) is 1.00. The topological polar surface area (TPSA) is 26.7 Å². The summed E-state index contributed by atoms with van der Waals surface area (Å²) in [4.78, 5) is 4.86. The van der Waals surface area contributed by atoms with Crippen molar-refractivity contribution in [3.63, 3.8) is 0 Å². The van der Waals surface area contributed by atoms with Crippen molar-refractivity contribution in [2.45, 2.75) is 51.2 Å². The number of rotatable bonds is 4. The van der Waals surface area contributed by atoms with E-state index >= 15 is 0 Å². The molecule has 1 aliphatic carbocycles. The molecule has 1 N–H and O–H groups in total. The molecular formula is C15H30N2O. The Morgan fingerprint density at radius 2 is 2.00 bits per heavy atom. The Hall–Kier alpha value is -0.120. The van der Waals surface area contributed by atoms with Crippen LogP contribution in [0.15, 0.2) is 0 Å². The molecule has 2 aliphatic rings. The number of likely N-dealkylation sites (tertiary alicyclic amines) is 1. The predicted octanol–water partition coefficient (Wildman–Crippen LogP) is 1.81. The molecule has 0 amide bonds. The fourth-order valence-corrected chi connectivity index (χ4v) is 3.78. The first-order valence-corrected chi connectivity index (χ1v) is 7.67. The Labute approximate surface area is 112 Å². The van der Waals surface area contributed by atoms with Gasteiger partial charge in [-0.05, 0) is 58.2 Å². The van der Waals surface area contributed by atoms with Gasteiger partial charge < -0.3 is 14.9 Å². The van der Waals surface area contributed by atoms with Crippen molar-refractivity contribution >= 4 is 0 Å². The smallest absolute Gasteiger partial charge is 0.0695 e. The van der Waals surface area contributed by atoms with Crippen molar-refractivity contribution in [2.24, 2.45) is 11.8 Å². The van der Waals surface area contributed by atoms with Crippen LogP contribution >= 0.6 is 0 Å².